The van der Waals surface area contributed by atoms with Crippen molar-refractivity contribution >= 4 is 11.4 Å². The van der Waals surface area contributed by atoms with E-state index in [1.165, 1.54) is 19.2 Å². The first-order valence-corrected chi connectivity index (χ1v) is 5.65. The Labute approximate surface area is 110 Å². The van der Waals surface area contributed by atoms with E-state index >= 15 is 0 Å². The molecule has 0 heterocycles. The summed E-state index contributed by atoms with van der Waals surface area (Å²) in [7, 11) is 1.50. The van der Waals surface area contributed by atoms with Crippen LogP contribution in [0.25, 0.3) is 0 Å². The molecule has 6 nitrogen and oxygen atoms in total. The molecule has 0 spiro atoms. The fourth-order valence-electron chi connectivity index (χ4n) is 1.68. The van der Waals surface area contributed by atoms with E-state index in [4.69, 9.17) is 10.00 Å². The summed E-state index contributed by atoms with van der Waals surface area (Å²) in [6.07, 6.45) is 0.192. The van der Waals surface area contributed by atoms with Crippen molar-refractivity contribution in [3.05, 3.63) is 34.1 Å². The number of hydrogen-bond acceptors (Lipinski definition) is 5. The van der Waals surface area contributed by atoms with Crippen LogP contribution < -0.4 is 4.90 Å². The van der Waals surface area contributed by atoms with E-state index < -0.39 is 16.4 Å². The lowest BCUT2D eigenvalue weighted by Gasteiger charge is -2.23. The highest BCUT2D eigenvalue weighted by molar-refractivity contribution is 5.63. The van der Waals surface area contributed by atoms with Gasteiger partial charge < -0.3 is 9.64 Å². The van der Waals surface area contributed by atoms with Crippen molar-refractivity contribution in [1.29, 1.82) is 5.26 Å². The smallest absolute Gasteiger partial charge is 0.327 e. The highest BCUT2D eigenvalue weighted by atomic mass is 19.1. The highest BCUT2D eigenvalue weighted by Crippen LogP contribution is 2.30. The SMILES string of the molecule is COCCN(CCC#N)c1cccc(F)c1[N+](=O)[O-]. The van der Waals surface area contributed by atoms with E-state index in [-0.39, 0.29) is 18.7 Å². The van der Waals surface area contributed by atoms with Crippen molar-refractivity contribution in [3.63, 3.8) is 0 Å². The molecular weight excluding hydrogens is 253 g/mol. The monoisotopic (exact) mass is 267 g/mol. The summed E-state index contributed by atoms with van der Waals surface area (Å²) in [6, 6.07) is 5.88. The maximum atomic E-state index is 13.5. The van der Waals surface area contributed by atoms with Gasteiger partial charge in [0.05, 0.1) is 24.0 Å². The van der Waals surface area contributed by atoms with Gasteiger partial charge in [-0.05, 0) is 12.1 Å². The van der Waals surface area contributed by atoms with Gasteiger partial charge in [-0.1, -0.05) is 6.07 Å². The molecule has 1 aromatic carbocycles. The molecule has 1 rings (SSSR count). The van der Waals surface area contributed by atoms with Crippen LogP contribution in [-0.2, 0) is 4.74 Å². The van der Waals surface area contributed by atoms with Gasteiger partial charge in [-0.25, -0.2) is 0 Å². The minimum Gasteiger partial charge on any atom is -0.383 e. The molecule has 0 aliphatic heterocycles. The molecule has 0 fully saturated rings. The number of halogens is 1. The number of ether oxygens (including phenoxy) is 1. The van der Waals surface area contributed by atoms with E-state index in [0.29, 0.717) is 13.2 Å². The first kappa shape index (κ1) is 14.9. The number of rotatable bonds is 7. The Kier molecular flexibility index (Phi) is 5.70. The van der Waals surface area contributed by atoms with Gasteiger partial charge >= 0.3 is 5.69 Å². The molecule has 0 unspecified atom stereocenters. The second-order valence-corrected chi connectivity index (χ2v) is 3.75. The van der Waals surface area contributed by atoms with Crippen LogP contribution in [0.15, 0.2) is 18.2 Å². The Hall–Kier alpha value is -2.20. The molecule has 1 aromatic rings. The number of para-hydroxylation sites is 1. The molecule has 0 radical (unpaired) electrons. The van der Waals surface area contributed by atoms with Crippen molar-refractivity contribution in [2.45, 2.75) is 6.42 Å². The van der Waals surface area contributed by atoms with Gasteiger partial charge in [-0.15, -0.1) is 0 Å². The van der Waals surface area contributed by atoms with Crippen molar-refractivity contribution in [2.75, 3.05) is 31.7 Å². The van der Waals surface area contributed by atoms with Crippen LogP contribution in [0.5, 0.6) is 0 Å². The second kappa shape index (κ2) is 7.28. The summed E-state index contributed by atoms with van der Waals surface area (Å²) in [6.45, 7) is 0.964. The molecule has 0 saturated carbocycles. The van der Waals surface area contributed by atoms with Crippen LogP contribution in [0, 0.1) is 27.3 Å². The fourth-order valence-corrected chi connectivity index (χ4v) is 1.68. The zero-order valence-corrected chi connectivity index (χ0v) is 10.5. The average molecular weight is 267 g/mol. The summed E-state index contributed by atoms with van der Waals surface area (Å²) >= 11 is 0. The van der Waals surface area contributed by atoms with Crippen LogP contribution in [0.4, 0.5) is 15.8 Å². The lowest BCUT2D eigenvalue weighted by molar-refractivity contribution is -0.386. The number of nitro benzene ring substituents is 1. The zero-order valence-electron chi connectivity index (χ0n) is 10.5. The number of hydrogen-bond donors (Lipinski definition) is 0. The van der Waals surface area contributed by atoms with E-state index in [1.807, 2.05) is 6.07 Å². The molecule has 0 aliphatic rings. The molecule has 19 heavy (non-hydrogen) atoms. The topological polar surface area (TPSA) is 79.4 Å². The third kappa shape index (κ3) is 3.89. The van der Waals surface area contributed by atoms with Crippen LogP contribution >= 0.6 is 0 Å². The third-order valence-corrected chi connectivity index (χ3v) is 2.55. The maximum Gasteiger partial charge on any atom is 0.327 e. The number of anilines is 1. The normalized spacial score (nSPS) is 9.95. The molecule has 0 N–H and O–H groups in total. The molecular formula is C12H14FN3O3. The Morgan fingerprint density at radius 2 is 2.26 bits per heavy atom. The Bertz CT molecular complexity index is 488. The molecule has 0 atom stereocenters. The van der Waals surface area contributed by atoms with E-state index in [2.05, 4.69) is 0 Å². The largest absolute Gasteiger partial charge is 0.383 e. The summed E-state index contributed by atoms with van der Waals surface area (Å²) in [5, 5.41) is 19.5. The fraction of sp³-hybridized carbons (Fsp3) is 0.417. The van der Waals surface area contributed by atoms with Crippen molar-refractivity contribution in [3.8, 4) is 6.07 Å². The second-order valence-electron chi connectivity index (χ2n) is 3.75. The highest BCUT2D eigenvalue weighted by Gasteiger charge is 2.23. The van der Waals surface area contributed by atoms with Gasteiger partial charge in [0, 0.05) is 20.2 Å². The predicted octanol–water partition coefficient (Wildman–Crippen LogP) is 2.10. The van der Waals surface area contributed by atoms with Gasteiger partial charge in [0.1, 0.15) is 5.69 Å². The van der Waals surface area contributed by atoms with Crippen molar-refractivity contribution in [2.24, 2.45) is 0 Å². The predicted molar refractivity (Wildman–Crippen MR) is 67.4 cm³/mol. The van der Waals surface area contributed by atoms with Crippen molar-refractivity contribution in [1.82, 2.24) is 0 Å². The molecule has 7 heteroatoms. The minimum absolute atomic E-state index is 0.164. The van der Waals surface area contributed by atoms with Gasteiger partial charge in [-0.2, -0.15) is 9.65 Å². The zero-order chi connectivity index (χ0) is 14.3. The average Bonchev–Trinajstić information content (AvgIpc) is 2.38. The Balaban J connectivity index is 3.10. The number of methoxy groups -OCH3 is 1. The van der Waals surface area contributed by atoms with Gasteiger partial charge in [0.15, 0.2) is 0 Å². The first-order valence-electron chi connectivity index (χ1n) is 5.65. The summed E-state index contributed by atoms with van der Waals surface area (Å²) in [5.41, 5.74) is -0.408. The molecule has 0 amide bonds. The Morgan fingerprint density at radius 1 is 1.53 bits per heavy atom. The van der Waals surface area contributed by atoms with Crippen LogP contribution in [-0.4, -0.2) is 31.7 Å². The number of benzene rings is 1. The molecule has 0 aliphatic carbocycles. The van der Waals surface area contributed by atoms with E-state index in [9.17, 15) is 14.5 Å². The summed E-state index contributed by atoms with van der Waals surface area (Å²) in [4.78, 5) is 11.8. The summed E-state index contributed by atoms with van der Waals surface area (Å²) < 4.78 is 18.5. The number of nitro groups is 1. The van der Waals surface area contributed by atoms with Crippen molar-refractivity contribution < 1.29 is 14.1 Å². The van der Waals surface area contributed by atoms with Gasteiger partial charge in [-0.3, -0.25) is 10.1 Å². The van der Waals surface area contributed by atoms with Gasteiger partial charge in [0.25, 0.3) is 0 Å². The van der Waals surface area contributed by atoms with E-state index in [1.54, 1.807) is 4.90 Å². The van der Waals surface area contributed by atoms with Gasteiger partial charge in [0.2, 0.25) is 5.82 Å². The Morgan fingerprint density at radius 3 is 2.84 bits per heavy atom. The minimum atomic E-state index is -0.887. The number of nitrogens with zero attached hydrogens (tertiary/aromatic N) is 3. The standard InChI is InChI=1S/C12H14FN3O3/c1-19-9-8-15(7-3-6-14)11-5-2-4-10(13)12(11)16(17)18/h2,4-5H,3,7-9H2,1H3. The quantitative estimate of drug-likeness (QED) is 0.558. The molecule has 0 saturated heterocycles. The molecule has 102 valence electrons. The number of nitriles is 1. The van der Waals surface area contributed by atoms with Crippen LogP contribution in [0.2, 0.25) is 0 Å². The van der Waals surface area contributed by atoms with E-state index in [0.717, 1.165) is 6.07 Å². The molecule has 0 bridgehead atoms. The lowest BCUT2D eigenvalue weighted by Crippen LogP contribution is -2.29. The first-order chi connectivity index (χ1) is 9.11. The summed E-state index contributed by atoms with van der Waals surface area (Å²) in [5.74, 6) is -0.887. The maximum absolute atomic E-state index is 13.5. The molecule has 0 aromatic heterocycles. The van der Waals surface area contributed by atoms with Crippen LogP contribution in [0.1, 0.15) is 6.42 Å². The van der Waals surface area contributed by atoms with Crippen LogP contribution in [0.3, 0.4) is 0 Å². The third-order valence-electron chi connectivity index (χ3n) is 2.55. The lowest BCUT2D eigenvalue weighted by atomic mass is 10.2.